The summed E-state index contributed by atoms with van der Waals surface area (Å²) in [6, 6.07) is 23.9. The van der Waals surface area contributed by atoms with Crippen LogP contribution in [0.1, 0.15) is 0 Å². The van der Waals surface area contributed by atoms with Crippen LogP contribution >= 0.6 is 0 Å². The van der Waals surface area contributed by atoms with Gasteiger partial charge >= 0.3 is 6.03 Å². The van der Waals surface area contributed by atoms with Crippen molar-refractivity contribution in [3.63, 3.8) is 0 Å². The topological polar surface area (TPSA) is 303 Å². The number of rotatable bonds is 10. The fraction of sp³-hybridized carbons (Fsp3) is 0.0263. The number of ether oxygens (including phenoxy) is 1. The molecule has 64 heavy (non-hydrogen) atoms. The molecule has 0 saturated carbocycles. The van der Waals surface area contributed by atoms with Gasteiger partial charge in [-0.05, 0) is 106 Å². The van der Waals surface area contributed by atoms with Gasteiger partial charge in [-0.3, -0.25) is 13.7 Å². The number of benzene rings is 7. The molecule has 0 aliphatic carbocycles. The Morgan fingerprint density at radius 2 is 1.02 bits per heavy atom. The molecule has 26 heteroatoms. The molecule has 2 amide bonds. The zero-order valence-electron chi connectivity index (χ0n) is 34.4. The van der Waals surface area contributed by atoms with Gasteiger partial charge in [0.2, 0.25) is 0 Å². The Hall–Kier alpha value is -3.08. The molecule has 310 valence electrons. The summed E-state index contributed by atoms with van der Waals surface area (Å²) < 4.78 is 107. The number of carbonyl (C=O) groups is 1. The van der Waals surface area contributed by atoms with Gasteiger partial charge in [-0.15, -0.1) is 15.3 Å². The average Bonchev–Trinajstić information content (AvgIpc) is 3.18. The first kappa shape index (κ1) is 55.2. The zero-order chi connectivity index (χ0) is 43.1. The Balaban J connectivity index is 0.00000272. The van der Waals surface area contributed by atoms with Crippen molar-refractivity contribution < 1.29 is 58.7 Å². The van der Waals surface area contributed by atoms with Gasteiger partial charge in [-0.2, -0.15) is 30.4 Å². The van der Waals surface area contributed by atoms with Crippen molar-refractivity contribution in [3.05, 3.63) is 109 Å². The molecule has 7 N–H and O–H groups in total. The number of phenols is 2. The van der Waals surface area contributed by atoms with Gasteiger partial charge in [0, 0.05) is 140 Å². The number of carbonyl (C=O) groups excluding carboxylic acids is 1. The largest absolute Gasteiger partial charge is 0.505 e. The maximum absolute atomic E-state index is 13.1. The van der Waals surface area contributed by atoms with Gasteiger partial charge in [0.05, 0.1) is 17.7 Å². The van der Waals surface area contributed by atoms with E-state index in [1.54, 1.807) is 18.2 Å². The summed E-state index contributed by atoms with van der Waals surface area (Å²) >= 11 is 0. The van der Waals surface area contributed by atoms with Crippen LogP contribution in [0, 0.1) is 0 Å². The number of fused-ring (bicyclic) bond motifs is 3. The molecule has 7 aromatic rings. The summed E-state index contributed by atoms with van der Waals surface area (Å²) in [5.74, 6) is -0.992. The molecule has 0 fully saturated rings. The number of methoxy groups -OCH3 is 1. The van der Waals surface area contributed by atoms with Crippen LogP contribution in [0.15, 0.2) is 144 Å². The Labute approximate surface area is 453 Å². The molecule has 0 unspecified atom stereocenters. The molecule has 0 saturated heterocycles. The average molecular weight is 965 g/mol. The number of hydrogen-bond donors (Lipinski definition) is 7. The standard InChI is InChI=1S/C38H28N6O13S3.4Na/c1-57-31-5-3-2-4-30(31)42-44-35-33(60(54,55)56)19-23-16-25(10-13-29(23)37(35)46)40-38(47)39-24-9-12-28-22(15-24)18-32(59(51,52)53)34(36(28)45)43-41-26-8-6-21-17-27(58(48,49)50)11-7-20(21)14-26;;;;/h2-19,45-46H,1H3,(H2,39,40,47)(H,48,49,50)(H,51,52,53)(H,54,55,56);;;;. The quantitative estimate of drug-likeness (QED) is 0.0404. The summed E-state index contributed by atoms with van der Waals surface area (Å²) in [5, 5.41) is 44.2. The van der Waals surface area contributed by atoms with E-state index in [2.05, 4.69) is 31.1 Å². The van der Waals surface area contributed by atoms with E-state index in [9.17, 15) is 53.9 Å². The van der Waals surface area contributed by atoms with Crippen LogP contribution in [0.3, 0.4) is 0 Å². The minimum atomic E-state index is -5.02. The molecule has 0 bridgehead atoms. The van der Waals surface area contributed by atoms with E-state index in [0.29, 0.717) is 16.5 Å². The number of nitrogens with zero attached hydrogens (tertiary/aromatic N) is 4. The number of para-hydroxylation sites is 1. The second-order valence-corrected chi connectivity index (χ2v) is 17.0. The van der Waals surface area contributed by atoms with Crippen molar-refractivity contribution in [1.29, 1.82) is 0 Å². The van der Waals surface area contributed by atoms with E-state index >= 15 is 0 Å². The Bertz CT molecular complexity index is 3360. The summed E-state index contributed by atoms with van der Waals surface area (Å²) in [5.41, 5.74) is -0.567. The number of nitrogens with one attached hydrogen (secondary N) is 2. The predicted molar refractivity (Wildman–Crippen MR) is 242 cm³/mol. The van der Waals surface area contributed by atoms with Crippen LogP contribution in [0.25, 0.3) is 32.3 Å². The van der Waals surface area contributed by atoms with Crippen LogP contribution in [0.2, 0.25) is 0 Å². The SMILES string of the molecule is COc1ccccc1N=Nc1c(S(=O)(=O)O)cc2cc(NC(=O)Nc3ccc4c(O)c(N=Nc5ccc6cc(S(=O)(=O)O)ccc6c5)c(S(=O)(=O)O)cc4c3)ccc2c1O.[Na].[Na].[Na].[Na]. The zero-order valence-corrected chi connectivity index (χ0v) is 44.9. The fourth-order valence-corrected chi connectivity index (χ4v) is 7.93. The molecule has 4 radical (unpaired) electrons. The predicted octanol–water partition coefficient (Wildman–Crippen LogP) is 7.26. The van der Waals surface area contributed by atoms with Crippen LogP contribution in [0.5, 0.6) is 17.2 Å². The molecule has 19 nitrogen and oxygen atoms in total. The van der Waals surface area contributed by atoms with Crippen molar-refractivity contribution in [3.8, 4) is 17.2 Å². The van der Waals surface area contributed by atoms with Crippen molar-refractivity contribution in [2.45, 2.75) is 14.7 Å². The normalized spacial score (nSPS) is 11.7. The number of amides is 2. The van der Waals surface area contributed by atoms with Gasteiger partial charge in [0.25, 0.3) is 30.4 Å². The van der Waals surface area contributed by atoms with Gasteiger partial charge in [0.15, 0.2) is 11.5 Å². The van der Waals surface area contributed by atoms with Crippen molar-refractivity contribution >= 4 is 221 Å². The van der Waals surface area contributed by atoms with E-state index < -0.39 is 69.1 Å². The third-order valence-corrected chi connectivity index (χ3v) is 11.5. The minimum Gasteiger partial charge on any atom is -0.505 e. The fourth-order valence-electron chi connectivity index (χ4n) is 6.10. The molecule has 0 aromatic heterocycles. The van der Waals surface area contributed by atoms with Crippen molar-refractivity contribution in [2.75, 3.05) is 17.7 Å². The Morgan fingerprint density at radius 3 is 1.52 bits per heavy atom. The second-order valence-electron chi connectivity index (χ2n) is 12.8. The first-order valence-corrected chi connectivity index (χ1v) is 21.2. The number of hydrogen-bond acceptors (Lipinski definition) is 14. The number of phenolic OH excluding ortho intramolecular Hbond substituents is 2. The van der Waals surface area contributed by atoms with Crippen molar-refractivity contribution in [1.82, 2.24) is 0 Å². The Kier molecular flexibility index (Phi) is 19.1. The number of urea groups is 1. The number of aromatic hydroxyl groups is 2. The second kappa shape index (κ2) is 22.1. The first-order chi connectivity index (χ1) is 28.3. The Morgan fingerprint density at radius 1 is 0.531 bits per heavy atom. The molecular formula is C38H28N6Na4O13S3. The van der Waals surface area contributed by atoms with Crippen LogP contribution < -0.4 is 15.4 Å². The van der Waals surface area contributed by atoms with Crippen LogP contribution in [-0.2, 0) is 30.4 Å². The van der Waals surface area contributed by atoms with Gasteiger partial charge < -0.3 is 25.6 Å². The third kappa shape index (κ3) is 12.5. The smallest absolute Gasteiger partial charge is 0.323 e. The maximum atomic E-state index is 13.1. The van der Waals surface area contributed by atoms with Gasteiger partial charge in [-0.1, -0.05) is 24.3 Å². The molecule has 7 rings (SSSR count). The number of anilines is 2. The molecule has 0 heterocycles. The molecule has 7 aromatic carbocycles. The van der Waals surface area contributed by atoms with Crippen LogP contribution in [0.4, 0.5) is 38.9 Å². The van der Waals surface area contributed by atoms with Crippen molar-refractivity contribution in [2.24, 2.45) is 20.5 Å². The van der Waals surface area contributed by atoms with E-state index in [-0.39, 0.29) is 167 Å². The van der Waals surface area contributed by atoms with Gasteiger partial charge in [-0.25, -0.2) is 4.79 Å². The van der Waals surface area contributed by atoms with Crippen LogP contribution in [-0.4, -0.2) is 180 Å². The molecule has 0 atom stereocenters. The van der Waals surface area contributed by atoms with E-state index in [4.69, 9.17) is 4.74 Å². The van der Waals surface area contributed by atoms with Gasteiger partial charge in [0.1, 0.15) is 32.6 Å². The molecule has 0 aliphatic rings. The van der Waals surface area contributed by atoms with E-state index in [1.165, 1.54) is 86.0 Å². The summed E-state index contributed by atoms with van der Waals surface area (Å²) in [7, 11) is -13.0. The van der Waals surface area contributed by atoms with E-state index in [0.717, 1.165) is 12.1 Å². The number of azo groups is 2. The summed E-state index contributed by atoms with van der Waals surface area (Å²) in [6.45, 7) is 0. The third-order valence-electron chi connectivity index (χ3n) is 8.88. The summed E-state index contributed by atoms with van der Waals surface area (Å²) in [6.07, 6.45) is 0. The molecule has 0 spiro atoms. The first-order valence-electron chi connectivity index (χ1n) is 16.9. The molecule has 0 aliphatic heterocycles. The maximum Gasteiger partial charge on any atom is 0.323 e. The van der Waals surface area contributed by atoms with E-state index in [1.807, 2.05) is 0 Å². The minimum absolute atomic E-state index is 0. The monoisotopic (exact) mass is 964 g/mol. The molecular weight excluding hydrogens is 937 g/mol. The summed E-state index contributed by atoms with van der Waals surface area (Å²) in [4.78, 5) is 11.2.